The molecule has 0 heterocycles. The van der Waals surface area contributed by atoms with Gasteiger partial charge < -0.3 is 9.53 Å². The third-order valence-electron chi connectivity index (χ3n) is 1.81. The van der Waals surface area contributed by atoms with Gasteiger partial charge in [-0.3, -0.25) is 4.79 Å². The maximum atomic E-state index is 10.6. The molecule has 1 atom stereocenters. The molecule has 15 heavy (non-hydrogen) atoms. The summed E-state index contributed by atoms with van der Waals surface area (Å²) in [5.41, 5.74) is 1.09. The summed E-state index contributed by atoms with van der Waals surface area (Å²) in [6, 6.07) is 6.85. The smallest absolute Gasteiger partial charge is 0.153 e. The first-order chi connectivity index (χ1) is 7.33. The first-order valence-electron chi connectivity index (χ1n) is 4.85. The van der Waals surface area contributed by atoms with E-state index >= 15 is 0 Å². The van der Waals surface area contributed by atoms with Crippen molar-refractivity contribution >= 4 is 12.6 Å². The van der Waals surface area contributed by atoms with E-state index in [1.165, 1.54) is 7.11 Å². The van der Waals surface area contributed by atoms with E-state index in [-0.39, 0.29) is 0 Å². The van der Waals surface area contributed by atoms with Crippen molar-refractivity contribution in [2.24, 2.45) is 0 Å². The Bertz CT molecular complexity index is 307. The van der Waals surface area contributed by atoms with Crippen LogP contribution in [-0.4, -0.2) is 19.7 Å². The van der Waals surface area contributed by atoms with Crippen LogP contribution < -0.4 is 0 Å². The van der Waals surface area contributed by atoms with E-state index < -0.39 is 6.10 Å². The lowest BCUT2D eigenvalue weighted by Crippen LogP contribution is -2.05. The fraction of sp³-hybridized carbons (Fsp3) is 0.333. The molecule has 0 aliphatic heterocycles. The fourth-order valence-electron chi connectivity index (χ4n) is 1.13. The summed E-state index contributed by atoms with van der Waals surface area (Å²) < 4.78 is 4.90. The summed E-state index contributed by atoms with van der Waals surface area (Å²) in [5, 5.41) is 0. The molecule has 0 saturated heterocycles. The lowest BCUT2D eigenvalue weighted by Gasteiger charge is -2.09. The maximum absolute atomic E-state index is 10.6. The van der Waals surface area contributed by atoms with Crippen molar-refractivity contribution in [1.29, 1.82) is 0 Å². The number of ether oxygens (including phenoxy) is 1. The molecule has 0 aliphatic carbocycles. The molecule has 0 saturated carbocycles. The Labute approximate surface area is 90.1 Å². The van der Waals surface area contributed by atoms with Crippen molar-refractivity contribution in [3.63, 3.8) is 0 Å². The molecule has 0 spiro atoms. The van der Waals surface area contributed by atoms with Gasteiger partial charge in [0, 0.05) is 12.7 Å². The Morgan fingerprint density at radius 2 is 1.80 bits per heavy atom. The number of benzene rings is 1. The summed E-state index contributed by atoms with van der Waals surface area (Å²) >= 11 is 0. The van der Waals surface area contributed by atoms with Gasteiger partial charge in [0.15, 0.2) is 6.29 Å². The van der Waals surface area contributed by atoms with Crippen LogP contribution in [0.4, 0.5) is 0 Å². The van der Waals surface area contributed by atoms with Gasteiger partial charge >= 0.3 is 0 Å². The molecule has 0 aliphatic rings. The minimum absolute atomic E-state index is 0.487. The molecule has 1 aromatic rings. The SMILES string of the molecule is CC.COC(C=O)c1ccccc1C=O. The van der Waals surface area contributed by atoms with E-state index in [1.807, 2.05) is 13.8 Å². The lowest BCUT2D eigenvalue weighted by atomic mass is 10.0. The minimum atomic E-state index is -0.651. The maximum Gasteiger partial charge on any atom is 0.153 e. The molecule has 0 radical (unpaired) electrons. The molecule has 82 valence electrons. The van der Waals surface area contributed by atoms with E-state index in [9.17, 15) is 9.59 Å². The molecule has 0 fully saturated rings. The lowest BCUT2D eigenvalue weighted by molar-refractivity contribution is -0.116. The van der Waals surface area contributed by atoms with Gasteiger partial charge in [-0.25, -0.2) is 0 Å². The Morgan fingerprint density at radius 1 is 1.20 bits per heavy atom. The molecule has 1 unspecified atom stereocenters. The summed E-state index contributed by atoms with van der Waals surface area (Å²) in [7, 11) is 1.43. The molecule has 3 nitrogen and oxygen atoms in total. The Balaban J connectivity index is 0.000000921. The van der Waals surface area contributed by atoms with E-state index in [0.717, 1.165) is 0 Å². The Kier molecular flexibility index (Phi) is 7.10. The number of methoxy groups -OCH3 is 1. The predicted molar refractivity (Wildman–Crippen MR) is 59.0 cm³/mol. The third-order valence-corrected chi connectivity index (χ3v) is 1.81. The molecule has 0 aromatic heterocycles. The zero-order valence-electron chi connectivity index (χ0n) is 9.27. The third kappa shape index (κ3) is 3.64. The molecule has 0 bridgehead atoms. The number of hydrogen-bond acceptors (Lipinski definition) is 3. The van der Waals surface area contributed by atoms with E-state index in [1.54, 1.807) is 24.3 Å². The highest BCUT2D eigenvalue weighted by Crippen LogP contribution is 2.17. The quantitative estimate of drug-likeness (QED) is 0.714. The van der Waals surface area contributed by atoms with E-state index in [0.29, 0.717) is 23.7 Å². The summed E-state index contributed by atoms with van der Waals surface area (Å²) in [4.78, 5) is 21.2. The van der Waals surface area contributed by atoms with Crippen LogP contribution in [0.3, 0.4) is 0 Å². The van der Waals surface area contributed by atoms with Crippen molar-refractivity contribution in [2.75, 3.05) is 7.11 Å². The fourth-order valence-corrected chi connectivity index (χ4v) is 1.13. The van der Waals surface area contributed by atoms with Crippen molar-refractivity contribution in [2.45, 2.75) is 20.0 Å². The number of carbonyl (C=O) groups is 2. The minimum Gasteiger partial charge on any atom is -0.369 e. The molecule has 0 amide bonds. The number of carbonyl (C=O) groups excluding carboxylic acids is 2. The molecular formula is C12H16O3. The van der Waals surface area contributed by atoms with Gasteiger partial charge in [0.05, 0.1) is 0 Å². The van der Waals surface area contributed by atoms with E-state index in [4.69, 9.17) is 4.74 Å². The van der Waals surface area contributed by atoms with Crippen LogP contribution in [0.2, 0.25) is 0 Å². The normalized spacial score (nSPS) is 10.9. The van der Waals surface area contributed by atoms with Crippen LogP contribution in [-0.2, 0) is 9.53 Å². The van der Waals surface area contributed by atoms with Crippen molar-refractivity contribution in [1.82, 2.24) is 0 Å². The van der Waals surface area contributed by atoms with Crippen molar-refractivity contribution < 1.29 is 14.3 Å². The van der Waals surface area contributed by atoms with Gasteiger partial charge in [0.1, 0.15) is 12.4 Å². The monoisotopic (exact) mass is 208 g/mol. The average Bonchev–Trinajstić information content (AvgIpc) is 2.34. The van der Waals surface area contributed by atoms with Gasteiger partial charge in [-0.15, -0.1) is 0 Å². The second-order valence-corrected chi connectivity index (χ2v) is 2.54. The largest absolute Gasteiger partial charge is 0.369 e. The van der Waals surface area contributed by atoms with Gasteiger partial charge in [0.25, 0.3) is 0 Å². The van der Waals surface area contributed by atoms with Crippen LogP contribution in [0.5, 0.6) is 0 Å². The summed E-state index contributed by atoms with van der Waals surface area (Å²) in [5.74, 6) is 0. The Morgan fingerprint density at radius 3 is 2.27 bits per heavy atom. The summed E-state index contributed by atoms with van der Waals surface area (Å²) in [6.45, 7) is 4.00. The van der Waals surface area contributed by atoms with Crippen LogP contribution in [0.25, 0.3) is 0 Å². The van der Waals surface area contributed by atoms with Crippen molar-refractivity contribution in [3.05, 3.63) is 35.4 Å². The standard InChI is InChI=1S/C10H10O3.C2H6/c1-13-10(7-12)9-5-3-2-4-8(9)6-11;1-2/h2-7,10H,1H3;1-2H3. The number of hydrogen-bond donors (Lipinski definition) is 0. The predicted octanol–water partition coefficient (Wildman–Crippen LogP) is 2.41. The first kappa shape index (κ1) is 13.5. The van der Waals surface area contributed by atoms with Gasteiger partial charge in [-0.05, 0) is 5.56 Å². The highest BCUT2D eigenvalue weighted by Gasteiger charge is 2.11. The highest BCUT2D eigenvalue weighted by molar-refractivity contribution is 5.79. The zero-order chi connectivity index (χ0) is 11.7. The van der Waals surface area contributed by atoms with Crippen LogP contribution in [0.15, 0.2) is 24.3 Å². The molecule has 3 heteroatoms. The Hall–Kier alpha value is -1.48. The van der Waals surface area contributed by atoms with Gasteiger partial charge in [-0.1, -0.05) is 38.1 Å². The molecular weight excluding hydrogens is 192 g/mol. The molecule has 0 N–H and O–H groups in total. The average molecular weight is 208 g/mol. The second kappa shape index (κ2) is 7.88. The topological polar surface area (TPSA) is 43.4 Å². The van der Waals surface area contributed by atoms with Gasteiger partial charge in [-0.2, -0.15) is 0 Å². The van der Waals surface area contributed by atoms with Crippen LogP contribution in [0, 0.1) is 0 Å². The first-order valence-corrected chi connectivity index (χ1v) is 4.85. The van der Waals surface area contributed by atoms with E-state index in [2.05, 4.69) is 0 Å². The number of rotatable bonds is 4. The van der Waals surface area contributed by atoms with Crippen molar-refractivity contribution in [3.8, 4) is 0 Å². The number of aldehydes is 2. The van der Waals surface area contributed by atoms with Crippen LogP contribution >= 0.6 is 0 Å². The highest BCUT2D eigenvalue weighted by atomic mass is 16.5. The zero-order valence-corrected chi connectivity index (χ0v) is 9.27. The second-order valence-electron chi connectivity index (χ2n) is 2.54. The molecule has 1 rings (SSSR count). The molecule has 1 aromatic carbocycles. The summed E-state index contributed by atoms with van der Waals surface area (Å²) in [6.07, 6.45) is 0.731. The van der Waals surface area contributed by atoms with Gasteiger partial charge in [0.2, 0.25) is 0 Å². The van der Waals surface area contributed by atoms with Crippen LogP contribution in [0.1, 0.15) is 35.9 Å².